The fourth-order valence-electron chi connectivity index (χ4n) is 2.91. The fraction of sp³-hybridized carbons (Fsp3) is 0.588. The van der Waals surface area contributed by atoms with Crippen molar-refractivity contribution in [2.24, 2.45) is 11.7 Å². The van der Waals surface area contributed by atoms with Gasteiger partial charge in [0, 0.05) is 19.5 Å². The van der Waals surface area contributed by atoms with E-state index in [0.717, 1.165) is 51.1 Å². The number of nitrogens with two attached hydrogens (primary N) is 1. The molecule has 1 amide bonds. The zero-order chi connectivity index (χ0) is 14.2. The number of hydrogen-bond acceptors (Lipinski definition) is 2. The summed E-state index contributed by atoms with van der Waals surface area (Å²) in [7, 11) is 0. The monoisotopic (exact) mass is 274 g/mol. The highest BCUT2D eigenvalue weighted by molar-refractivity contribution is 5.76. The third-order valence-electron chi connectivity index (χ3n) is 4.18. The predicted octanol–water partition coefficient (Wildman–Crippen LogP) is 2.60. The van der Waals surface area contributed by atoms with Crippen molar-refractivity contribution in [3.8, 4) is 0 Å². The Kier molecular flexibility index (Phi) is 6.06. The van der Waals surface area contributed by atoms with Crippen molar-refractivity contribution in [2.75, 3.05) is 19.6 Å². The first-order chi connectivity index (χ1) is 9.79. The minimum absolute atomic E-state index is 0.316. The maximum atomic E-state index is 12.0. The third kappa shape index (κ3) is 4.64. The van der Waals surface area contributed by atoms with Crippen LogP contribution in [0.25, 0.3) is 0 Å². The lowest BCUT2D eigenvalue weighted by Gasteiger charge is -2.32. The first kappa shape index (κ1) is 15.0. The molecule has 0 unspecified atom stereocenters. The van der Waals surface area contributed by atoms with Crippen LogP contribution in [-0.2, 0) is 11.2 Å². The molecule has 3 nitrogen and oxygen atoms in total. The number of nitrogens with zero attached hydrogens (tertiary/aromatic N) is 1. The van der Waals surface area contributed by atoms with Crippen LogP contribution in [0.1, 0.15) is 37.7 Å². The highest BCUT2D eigenvalue weighted by Gasteiger charge is 2.22. The van der Waals surface area contributed by atoms with E-state index in [0.29, 0.717) is 18.9 Å². The average molecular weight is 274 g/mol. The number of carbonyl (C=O) groups is 1. The third-order valence-corrected chi connectivity index (χ3v) is 4.18. The van der Waals surface area contributed by atoms with Gasteiger partial charge in [-0.1, -0.05) is 30.3 Å². The maximum absolute atomic E-state index is 12.0. The molecule has 0 aromatic heterocycles. The van der Waals surface area contributed by atoms with E-state index < -0.39 is 0 Å². The Hall–Kier alpha value is -1.35. The number of carbonyl (C=O) groups excluding carboxylic acids is 1. The van der Waals surface area contributed by atoms with Gasteiger partial charge in [0.05, 0.1) is 0 Å². The number of piperidine rings is 1. The van der Waals surface area contributed by atoms with Crippen LogP contribution in [0.2, 0.25) is 0 Å². The van der Waals surface area contributed by atoms with Crippen LogP contribution < -0.4 is 5.73 Å². The number of hydrogen-bond donors (Lipinski definition) is 1. The molecular formula is C17H26N2O. The molecule has 1 aliphatic heterocycles. The molecule has 0 bridgehead atoms. The molecule has 1 aromatic rings. The first-order valence-corrected chi connectivity index (χ1v) is 7.81. The van der Waals surface area contributed by atoms with E-state index in [-0.39, 0.29) is 0 Å². The van der Waals surface area contributed by atoms with Gasteiger partial charge in [0.1, 0.15) is 0 Å². The van der Waals surface area contributed by atoms with Gasteiger partial charge in [0.2, 0.25) is 5.91 Å². The lowest BCUT2D eigenvalue weighted by Crippen LogP contribution is -2.38. The summed E-state index contributed by atoms with van der Waals surface area (Å²) in [5.41, 5.74) is 6.88. The van der Waals surface area contributed by atoms with Crippen LogP contribution in [0.3, 0.4) is 0 Å². The molecule has 1 heterocycles. The van der Waals surface area contributed by atoms with Crippen molar-refractivity contribution in [2.45, 2.75) is 38.5 Å². The smallest absolute Gasteiger partial charge is 0.222 e. The van der Waals surface area contributed by atoms with Crippen molar-refractivity contribution in [1.29, 1.82) is 0 Å². The maximum Gasteiger partial charge on any atom is 0.222 e. The van der Waals surface area contributed by atoms with Crippen LogP contribution in [0.4, 0.5) is 0 Å². The van der Waals surface area contributed by atoms with Crippen molar-refractivity contribution in [3.05, 3.63) is 35.9 Å². The van der Waals surface area contributed by atoms with Gasteiger partial charge in [-0.25, -0.2) is 0 Å². The fourth-order valence-corrected chi connectivity index (χ4v) is 2.91. The van der Waals surface area contributed by atoms with Crippen LogP contribution in [0.5, 0.6) is 0 Å². The summed E-state index contributed by atoms with van der Waals surface area (Å²) in [4.78, 5) is 14.1. The second kappa shape index (κ2) is 8.05. The zero-order valence-corrected chi connectivity index (χ0v) is 12.3. The molecule has 2 N–H and O–H groups in total. The number of rotatable bonds is 6. The molecule has 20 heavy (non-hydrogen) atoms. The Morgan fingerprint density at radius 3 is 2.50 bits per heavy atom. The Balaban J connectivity index is 1.71. The van der Waals surface area contributed by atoms with E-state index in [4.69, 9.17) is 5.73 Å². The van der Waals surface area contributed by atoms with Crippen LogP contribution in [0.15, 0.2) is 30.3 Å². The van der Waals surface area contributed by atoms with Gasteiger partial charge in [-0.3, -0.25) is 4.79 Å². The van der Waals surface area contributed by atoms with Crippen LogP contribution >= 0.6 is 0 Å². The number of unbranched alkanes of at least 4 members (excludes halogenated alkanes) is 1. The lowest BCUT2D eigenvalue weighted by atomic mass is 9.90. The van der Waals surface area contributed by atoms with E-state index in [1.54, 1.807) is 0 Å². The molecule has 2 rings (SSSR count). The van der Waals surface area contributed by atoms with Gasteiger partial charge in [-0.2, -0.15) is 0 Å². The Bertz CT molecular complexity index is 397. The summed E-state index contributed by atoms with van der Waals surface area (Å²) in [6, 6.07) is 10.7. The summed E-state index contributed by atoms with van der Waals surface area (Å²) >= 11 is 0. The summed E-state index contributed by atoms with van der Waals surface area (Å²) in [5, 5.41) is 0. The number of amides is 1. The van der Waals surface area contributed by atoms with E-state index in [1.807, 2.05) is 4.90 Å². The molecule has 110 valence electrons. The summed E-state index contributed by atoms with van der Waals surface area (Å²) in [5.74, 6) is 1.04. The SMILES string of the molecule is NCCCCC(=O)N1CCC(Cc2ccccc2)CC1. The predicted molar refractivity (Wildman–Crippen MR) is 82.4 cm³/mol. The largest absolute Gasteiger partial charge is 0.343 e. The highest BCUT2D eigenvalue weighted by Crippen LogP contribution is 2.22. The molecule has 1 fully saturated rings. The van der Waals surface area contributed by atoms with Gasteiger partial charge in [0.15, 0.2) is 0 Å². The quantitative estimate of drug-likeness (QED) is 0.811. The topological polar surface area (TPSA) is 46.3 Å². The summed E-state index contributed by atoms with van der Waals surface area (Å²) in [6.07, 6.45) is 5.97. The van der Waals surface area contributed by atoms with Crippen molar-refractivity contribution in [1.82, 2.24) is 4.90 Å². The van der Waals surface area contributed by atoms with Crippen molar-refractivity contribution in [3.63, 3.8) is 0 Å². The van der Waals surface area contributed by atoms with Crippen LogP contribution in [-0.4, -0.2) is 30.4 Å². The minimum atomic E-state index is 0.316. The standard InChI is InChI=1S/C17H26N2O/c18-11-5-4-8-17(20)19-12-9-16(10-13-19)14-15-6-2-1-3-7-15/h1-3,6-7,16H,4-5,8-14,18H2. The molecular weight excluding hydrogens is 248 g/mol. The summed E-state index contributed by atoms with van der Waals surface area (Å²) < 4.78 is 0. The van der Waals surface area contributed by atoms with Crippen molar-refractivity contribution < 1.29 is 4.79 Å². The molecule has 3 heteroatoms. The molecule has 1 aliphatic rings. The van der Waals surface area contributed by atoms with Gasteiger partial charge < -0.3 is 10.6 Å². The van der Waals surface area contributed by atoms with E-state index >= 15 is 0 Å². The van der Waals surface area contributed by atoms with E-state index in [2.05, 4.69) is 30.3 Å². The number of benzene rings is 1. The second-order valence-corrected chi connectivity index (χ2v) is 5.76. The molecule has 0 atom stereocenters. The Morgan fingerprint density at radius 1 is 1.15 bits per heavy atom. The highest BCUT2D eigenvalue weighted by atomic mass is 16.2. The average Bonchev–Trinajstić information content (AvgIpc) is 2.49. The van der Waals surface area contributed by atoms with Gasteiger partial charge in [-0.15, -0.1) is 0 Å². The molecule has 1 saturated heterocycles. The zero-order valence-electron chi connectivity index (χ0n) is 12.3. The van der Waals surface area contributed by atoms with E-state index in [9.17, 15) is 4.79 Å². The van der Waals surface area contributed by atoms with Crippen LogP contribution in [0, 0.1) is 5.92 Å². The Morgan fingerprint density at radius 2 is 1.85 bits per heavy atom. The van der Waals surface area contributed by atoms with E-state index in [1.165, 1.54) is 5.56 Å². The van der Waals surface area contributed by atoms with Gasteiger partial charge in [-0.05, 0) is 50.1 Å². The summed E-state index contributed by atoms with van der Waals surface area (Å²) in [6.45, 7) is 2.55. The molecule has 0 saturated carbocycles. The first-order valence-electron chi connectivity index (χ1n) is 7.81. The van der Waals surface area contributed by atoms with Gasteiger partial charge in [0.25, 0.3) is 0 Å². The molecule has 0 aliphatic carbocycles. The normalized spacial score (nSPS) is 16.4. The molecule has 0 radical (unpaired) electrons. The minimum Gasteiger partial charge on any atom is -0.343 e. The molecule has 0 spiro atoms. The second-order valence-electron chi connectivity index (χ2n) is 5.76. The van der Waals surface area contributed by atoms with Crippen molar-refractivity contribution >= 4 is 5.91 Å². The van der Waals surface area contributed by atoms with Gasteiger partial charge >= 0.3 is 0 Å². The lowest BCUT2D eigenvalue weighted by molar-refractivity contribution is -0.132. The number of likely N-dealkylation sites (tertiary alicyclic amines) is 1. The molecule has 1 aromatic carbocycles. The Labute approximate surface area is 122 Å².